The van der Waals surface area contributed by atoms with Crippen molar-refractivity contribution in [2.45, 2.75) is 13.2 Å². The van der Waals surface area contributed by atoms with Crippen LogP contribution in [0.2, 0.25) is 0 Å². The lowest BCUT2D eigenvalue weighted by atomic mass is 10.1. The third-order valence-corrected chi connectivity index (χ3v) is 4.82. The van der Waals surface area contributed by atoms with Gasteiger partial charge in [-0.1, -0.05) is 30.3 Å². The van der Waals surface area contributed by atoms with Gasteiger partial charge in [-0.25, -0.2) is 0 Å². The molecule has 4 rings (SSSR count). The highest BCUT2D eigenvalue weighted by atomic mass is 16.5. The first-order valence-corrected chi connectivity index (χ1v) is 9.52. The number of nitrogens with zero attached hydrogens (tertiary/aromatic N) is 4. The highest BCUT2D eigenvalue weighted by molar-refractivity contribution is 5.67. The second-order valence-electron chi connectivity index (χ2n) is 7.08. The third kappa shape index (κ3) is 4.16. The van der Waals surface area contributed by atoms with Crippen LogP contribution in [0.25, 0.3) is 22.4 Å². The zero-order valence-corrected chi connectivity index (χ0v) is 16.8. The maximum absolute atomic E-state index is 11.7. The van der Waals surface area contributed by atoms with Gasteiger partial charge in [0.05, 0.1) is 17.9 Å². The van der Waals surface area contributed by atoms with Crippen LogP contribution in [-0.4, -0.2) is 24.4 Å². The average molecular weight is 402 g/mol. The van der Waals surface area contributed by atoms with Gasteiger partial charge in [0.1, 0.15) is 6.61 Å². The van der Waals surface area contributed by atoms with Gasteiger partial charge < -0.3 is 14.4 Å². The lowest BCUT2D eigenvalue weighted by Crippen LogP contribution is -2.13. The summed E-state index contributed by atoms with van der Waals surface area (Å²) in [4.78, 5) is 16.0. The van der Waals surface area contributed by atoms with E-state index in [1.165, 1.54) is 10.6 Å². The van der Waals surface area contributed by atoms with Crippen LogP contribution in [0, 0.1) is 0 Å². The largest absolute Gasteiger partial charge is 0.471 e. The Kier molecular flexibility index (Phi) is 5.45. The number of aryl methyl sites for hydroxylation is 2. The molecule has 0 bridgehead atoms. The Morgan fingerprint density at radius 3 is 2.33 bits per heavy atom. The molecule has 3 heterocycles. The number of hydrogen-bond acceptors (Lipinski definition) is 5. The van der Waals surface area contributed by atoms with Gasteiger partial charge in [0.25, 0.3) is 0 Å². The molecule has 0 radical (unpaired) electrons. The molecule has 4 aromatic rings. The van der Waals surface area contributed by atoms with Crippen molar-refractivity contribution in [1.29, 1.82) is 0 Å². The van der Waals surface area contributed by atoms with Crippen LogP contribution in [0.5, 0.6) is 5.88 Å². The predicted molar refractivity (Wildman–Crippen MR) is 114 cm³/mol. The summed E-state index contributed by atoms with van der Waals surface area (Å²) in [5, 5.41) is 13.5. The van der Waals surface area contributed by atoms with Crippen molar-refractivity contribution in [2.75, 3.05) is 0 Å². The number of hydrogen-bond donors (Lipinski definition) is 1. The fraction of sp³-hybridized carbons (Fsp3) is 0.174. The Labute approximate surface area is 173 Å². The number of aliphatic hydroxyl groups is 1. The van der Waals surface area contributed by atoms with Gasteiger partial charge >= 0.3 is 0 Å². The van der Waals surface area contributed by atoms with Crippen LogP contribution in [0.4, 0.5) is 0 Å². The van der Waals surface area contributed by atoms with Crippen LogP contribution in [-0.2, 0) is 27.3 Å². The minimum atomic E-state index is -0.0642. The summed E-state index contributed by atoms with van der Waals surface area (Å²) in [5.74, 6) is 0.515. The van der Waals surface area contributed by atoms with Crippen molar-refractivity contribution >= 4 is 0 Å². The van der Waals surface area contributed by atoms with E-state index >= 15 is 0 Å². The fourth-order valence-electron chi connectivity index (χ4n) is 3.14. The van der Waals surface area contributed by atoms with Gasteiger partial charge in [-0.15, -0.1) is 5.10 Å². The lowest BCUT2D eigenvalue weighted by molar-refractivity contribution is 0.281. The Morgan fingerprint density at radius 1 is 0.933 bits per heavy atom. The summed E-state index contributed by atoms with van der Waals surface area (Å²) < 4.78 is 9.21. The second-order valence-corrected chi connectivity index (χ2v) is 7.08. The molecular formula is C23H22N4O3. The van der Waals surface area contributed by atoms with Crippen LogP contribution >= 0.6 is 0 Å². The van der Waals surface area contributed by atoms with E-state index in [4.69, 9.17) is 9.84 Å². The quantitative estimate of drug-likeness (QED) is 0.536. The first-order chi connectivity index (χ1) is 14.5. The summed E-state index contributed by atoms with van der Waals surface area (Å²) in [7, 11) is 3.55. The standard InChI is InChI=1S/C23H22N4O3/c1-26-12-19(8-10-22(26)29)20-13-27(2)25-23(20)30-15-16-3-6-18(7-4-16)21-9-5-17(14-28)11-24-21/h3-13,28H,14-15H2,1-2H3. The molecule has 0 aliphatic heterocycles. The van der Waals surface area contributed by atoms with Gasteiger partial charge in [0.2, 0.25) is 11.4 Å². The molecule has 0 saturated carbocycles. The minimum absolute atomic E-state index is 0.0155. The Balaban J connectivity index is 1.49. The molecule has 0 unspecified atom stereocenters. The van der Waals surface area contributed by atoms with Gasteiger partial charge in [-0.3, -0.25) is 14.5 Å². The van der Waals surface area contributed by atoms with Crippen molar-refractivity contribution < 1.29 is 9.84 Å². The first-order valence-electron chi connectivity index (χ1n) is 9.52. The van der Waals surface area contributed by atoms with Crippen LogP contribution in [0.3, 0.4) is 0 Å². The second kappa shape index (κ2) is 8.34. The monoisotopic (exact) mass is 402 g/mol. The molecule has 7 heteroatoms. The molecule has 0 amide bonds. The zero-order chi connectivity index (χ0) is 21.1. The van der Waals surface area contributed by atoms with Crippen molar-refractivity contribution in [3.63, 3.8) is 0 Å². The number of rotatable bonds is 6. The number of pyridine rings is 2. The SMILES string of the molecule is Cn1cc(-c2ccc(=O)n(C)c2)c(OCc2ccc(-c3ccc(CO)cn3)cc2)n1. The van der Waals surface area contributed by atoms with E-state index in [9.17, 15) is 4.79 Å². The highest BCUT2D eigenvalue weighted by Gasteiger charge is 2.12. The van der Waals surface area contributed by atoms with E-state index in [2.05, 4.69) is 10.1 Å². The summed E-state index contributed by atoms with van der Waals surface area (Å²) in [5.41, 5.74) is 5.26. The molecule has 1 aromatic carbocycles. The van der Waals surface area contributed by atoms with Crippen LogP contribution < -0.4 is 10.3 Å². The molecule has 1 N–H and O–H groups in total. The number of aliphatic hydroxyl groups excluding tert-OH is 1. The molecule has 0 fully saturated rings. The molecule has 0 aliphatic rings. The molecule has 30 heavy (non-hydrogen) atoms. The van der Waals surface area contributed by atoms with E-state index in [1.807, 2.05) is 49.6 Å². The number of benzene rings is 1. The molecule has 0 saturated heterocycles. The van der Waals surface area contributed by atoms with E-state index in [0.29, 0.717) is 12.5 Å². The first kappa shape index (κ1) is 19.6. The molecule has 7 nitrogen and oxygen atoms in total. The summed E-state index contributed by atoms with van der Waals surface area (Å²) in [6, 6.07) is 15.0. The minimum Gasteiger partial charge on any atom is -0.471 e. The zero-order valence-electron chi connectivity index (χ0n) is 16.8. The van der Waals surface area contributed by atoms with Gasteiger partial charge in [-0.2, -0.15) is 0 Å². The smallest absolute Gasteiger partial charge is 0.250 e. The van der Waals surface area contributed by atoms with Crippen molar-refractivity contribution in [2.24, 2.45) is 14.1 Å². The Hall–Kier alpha value is -3.71. The molecule has 3 aromatic heterocycles. The van der Waals surface area contributed by atoms with Gasteiger partial charge in [0.15, 0.2) is 0 Å². The topological polar surface area (TPSA) is 82.2 Å². The van der Waals surface area contributed by atoms with Gasteiger partial charge in [-0.05, 0) is 23.3 Å². The van der Waals surface area contributed by atoms with Crippen LogP contribution in [0.1, 0.15) is 11.1 Å². The Morgan fingerprint density at radius 2 is 1.67 bits per heavy atom. The van der Waals surface area contributed by atoms with E-state index < -0.39 is 0 Å². The van der Waals surface area contributed by atoms with Crippen molar-refractivity contribution in [1.82, 2.24) is 19.3 Å². The summed E-state index contributed by atoms with van der Waals surface area (Å²) >= 11 is 0. The maximum atomic E-state index is 11.7. The third-order valence-electron chi connectivity index (χ3n) is 4.82. The average Bonchev–Trinajstić information content (AvgIpc) is 3.15. The summed E-state index contributed by atoms with van der Waals surface area (Å²) in [6.07, 6.45) is 5.32. The highest BCUT2D eigenvalue weighted by Crippen LogP contribution is 2.28. The van der Waals surface area contributed by atoms with Crippen molar-refractivity contribution in [3.8, 4) is 28.3 Å². The summed E-state index contributed by atoms with van der Waals surface area (Å²) in [6.45, 7) is 0.352. The van der Waals surface area contributed by atoms with Crippen LogP contribution in [0.15, 0.2) is 71.9 Å². The molecule has 0 spiro atoms. The number of aromatic nitrogens is 4. The molecular weight excluding hydrogens is 380 g/mol. The Bertz CT molecular complexity index is 1210. The van der Waals surface area contributed by atoms with Gasteiger partial charge in [0, 0.05) is 49.9 Å². The fourth-order valence-corrected chi connectivity index (χ4v) is 3.14. The van der Waals surface area contributed by atoms with Crippen molar-refractivity contribution in [3.05, 3.63) is 88.6 Å². The molecule has 0 aliphatic carbocycles. The number of ether oxygens (including phenoxy) is 1. The maximum Gasteiger partial charge on any atom is 0.250 e. The van der Waals surface area contributed by atoms with E-state index in [0.717, 1.165) is 33.5 Å². The van der Waals surface area contributed by atoms with E-state index in [1.54, 1.807) is 30.2 Å². The van der Waals surface area contributed by atoms with E-state index in [-0.39, 0.29) is 12.2 Å². The molecule has 152 valence electrons. The predicted octanol–water partition coefficient (Wildman–Crippen LogP) is 2.92. The lowest BCUT2D eigenvalue weighted by Gasteiger charge is -2.08. The normalized spacial score (nSPS) is 10.9. The molecule has 0 atom stereocenters.